The van der Waals surface area contributed by atoms with Gasteiger partial charge in [-0.2, -0.15) is 0 Å². The molecule has 0 aromatic heterocycles. The lowest BCUT2D eigenvalue weighted by molar-refractivity contribution is -0.130. The number of ether oxygens (including phenoxy) is 1. The van der Waals surface area contributed by atoms with Gasteiger partial charge in [0.25, 0.3) is 5.91 Å². The van der Waals surface area contributed by atoms with Crippen LogP contribution < -0.4 is 0 Å². The van der Waals surface area contributed by atoms with E-state index < -0.39 is 23.5 Å². The summed E-state index contributed by atoms with van der Waals surface area (Å²) in [7, 11) is 1.54. The van der Waals surface area contributed by atoms with Crippen molar-refractivity contribution in [2.75, 3.05) is 20.3 Å². The van der Waals surface area contributed by atoms with Crippen LogP contribution in [0.15, 0.2) is 76.5 Å². The Morgan fingerprint density at radius 3 is 2.64 bits per heavy atom. The van der Waals surface area contributed by atoms with Gasteiger partial charge in [0, 0.05) is 18.1 Å². The lowest BCUT2D eigenvalue weighted by Crippen LogP contribution is -2.33. The summed E-state index contributed by atoms with van der Waals surface area (Å²) in [4.78, 5) is 27.0. The fourth-order valence-electron chi connectivity index (χ4n) is 3.17. The summed E-state index contributed by atoms with van der Waals surface area (Å²) < 4.78 is 5.92. The van der Waals surface area contributed by atoms with E-state index in [0.29, 0.717) is 6.61 Å². The van der Waals surface area contributed by atoms with Crippen molar-refractivity contribution in [1.82, 2.24) is 4.90 Å². The molecule has 28 heavy (non-hydrogen) atoms. The van der Waals surface area contributed by atoms with Crippen molar-refractivity contribution >= 4 is 33.7 Å². The molecule has 0 bridgehead atoms. The van der Waals surface area contributed by atoms with E-state index in [0.717, 1.165) is 15.6 Å². The third-order valence-corrected chi connectivity index (χ3v) is 4.99. The number of hydrogen-bond donors (Lipinski definition) is 1. The molecule has 2 aromatic rings. The maximum atomic E-state index is 12.9. The minimum atomic E-state index is -0.673. The molecule has 1 N–H and O–H groups in total. The number of benzene rings is 2. The quantitative estimate of drug-likeness (QED) is 0.657. The van der Waals surface area contributed by atoms with Crippen molar-refractivity contribution in [3.05, 3.63) is 87.6 Å². The first-order valence-electron chi connectivity index (χ1n) is 8.79. The first-order valence-corrected chi connectivity index (χ1v) is 9.58. The fraction of sp³-hybridized carbons (Fsp3) is 0.182. The number of carbonyl (C=O) groups is 2. The van der Waals surface area contributed by atoms with Gasteiger partial charge in [0.15, 0.2) is 11.5 Å². The number of allylic oxidation sites excluding steroid dienone is 1. The number of rotatable bonds is 7. The van der Waals surface area contributed by atoms with Gasteiger partial charge in [0.1, 0.15) is 0 Å². The minimum absolute atomic E-state index is 0.0754. The highest BCUT2D eigenvalue weighted by Crippen LogP contribution is 2.38. The summed E-state index contributed by atoms with van der Waals surface area (Å²) in [5.74, 6) is -1.48. The van der Waals surface area contributed by atoms with Crippen molar-refractivity contribution in [2.24, 2.45) is 0 Å². The second-order valence-electron chi connectivity index (χ2n) is 6.32. The number of aliphatic hydroxyl groups excluding tert-OH is 1. The monoisotopic (exact) mass is 441 g/mol. The van der Waals surface area contributed by atoms with E-state index in [4.69, 9.17) is 4.74 Å². The Hall–Kier alpha value is -2.70. The van der Waals surface area contributed by atoms with E-state index in [2.05, 4.69) is 15.9 Å². The number of carbonyl (C=O) groups excluding carboxylic acids is 2. The number of amides is 1. The predicted octanol–water partition coefficient (Wildman–Crippen LogP) is 4.07. The van der Waals surface area contributed by atoms with Crippen LogP contribution in [0.2, 0.25) is 0 Å². The fourth-order valence-corrected chi connectivity index (χ4v) is 3.59. The Morgan fingerprint density at radius 1 is 1.21 bits per heavy atom. The lowest BCUT2D eigenvalue weighted by Gasteiger charge is -2.26. The summed E-state index contributed by atoms with van der Waals surface area (Å²) in [5.41, 5.74) is 1.67. The number of halogens is 1. The van der Waals surface area contributed by atoms with Crippen LogP contribution in [0.1, 0.15) is 17.2 Å². The number of nitrogens with zero attached hydrogens (tertiary/aromatic N) is 1. The molecule has 1 atom stereocenters. The van der Waals surface area contributed by atoms with Crippen LogP contribution in [0, 0.1) is 0 Å². The van der Waals surface area contributed by atoms with Gasteiger partial charge in [0.05, 0.1) is 18.2 Å². The number of ketones is 1. The molecule has 0 radical (unpaired) electrons. The van der Waals surface area contributed by atoms with Gasteiger partial charge in [-0.05, 0) is 29.3 Å². The third kappa shape index (κ3) is 4.24. The van der Waals surface area contributed by atoms with Gasteiger partial charge in [-0.15, -0.1) is 0 Å². The van der Waals surface area contributed by atoms with Crippen LogP contribution in [-0.2, 0) is 14.3 Å². The van der Waals surface area contributed by atoms with Crippen LogP contribution in [0.3, 0.4) is 0 Å². The molecule has 0 aliphatic carbocycles. The maximum absolute atomic E-state index is 12.9. The van der Waals surface area contributed by atoms with Crippen LogP contribution in [0.5, 0.6) is 0 Å². The van der Waals surface area contributed by atoms with Crippen LogP contribution >= 0.6 is 15.9 Å². The summed E-state index contributed by atoms with van der Waals surface area (Å²) >= 11 is 3.42. The Balaban J connectivity index is 1.98. The predicted molar refractivity (Wildman–Crippen MR) is 111 cm³/mol. The van der Waals surface area contributed by atoms with Gasteiger partial charge in [-0.3, -0.25) is 9.59 Å². The standard InChI is InChI=1S/C22H20BrNO4/c1-28-13-12-24-20(16-8-5-9-17(23)14-16)19(21(26)22(24)27)18(25)11-10-15-6-3-2-4-7-15/h2-11,14,20,26H,12-13H2,1H3. The van der Waals surface area contributed by atoms with E-state index in [1.807, 2.05) is 54.6 Å². The highest BCUT2D eigenvalue weighted by molar-refractivity contribution is 9.10. The average molecular weight is 442 g/mol. The van der Waals surface area contributed by atoms with Crippen molar-refractivity contribution in [3.8, 4) is 0 Å². The van der Waals surface area contributed by atoms with E-state index in [9.17, 15) is 14.7 Å². The maximum Gasteiger partial charge on any atom is 0.290 e. The van der Waals surface area contributed by atoms with E-state index in [1.54, 1.807) is 6.08 Å². The van der Waals surface area contributed by atoms with Gasteiger partial charge in [-0.1, -0.05) is 64.5 Å². The number of aliphatic hydroxyl groups is 1. The Morgan fingerprint density at radius 2 is 1.96 bits per heavy atom. The van der Waals surface area contributed by atoms with Crippen molar-refractivity contribution in [3.63, 3.8) is 0 Å². The first-order chi connectivity index (χ1) is 13.5. The highest BCUT2D eigenvalue weighted by Gasteiger charge is 2.42. The van der Waals surface area contributed by atoms with E-state index in [-0.39, 0.29) is 12.1 Å². The van der Waals surface area contributed by atoms with E-state index >= 15 is 0 Å². The molecule has 1 aliphatic rings. The first kappa shape index (κ1) is 20.0. The van der Waals surface area contributed by atoms with Crippen molar-refractivity contribution < 1.29 is 19.4 Å². The average Bonchev–Trinajstić information content (AvgIpc) is 2.96. The summed E-state index contributed by atoms with van der Waals surface area (Å²) in [6.07, 6.45) is 3.06. The van der Waals surface area contributed by atoms with Crippen LogP contribution in [-0.4, -0.2) is 42.0 Å². The zero-order chi connectivity index (χ0) is 20.1. The molecule has 0 spiro atoms. The summed E-state index contributed by atoms with van der Waals surface area (Å²) in [6, 6.07) is 16.1. The van der Waals surface area contributed by atoms with Gasteiger partial charge in [0.2, 0.25) is 0 Å². The molecule has 1 aliphatic heterocycles. The van der Waals surface area contributed by atoms with Gasteiger partial charge < -0.3 is 14.7 Å². The largest absolute Gasteiger partial charge is 0.503 e. The molecule has 5 nitrogen and oxygen atoms in total. The zero-order valence-electron chi connectivity index (χ0n) is 15.3. The molecular formula is C22H20BrNO4. The molecule has 144 valence electrons. The molecule has 3 rings (SSSR count). The topological polar surface area (TPSA) is 66.8 Å². The molecule has 0 saturated carbocycles. The molecule has 0 fully saturated rings. The SMILES string of the molecule is COCCN1C(=O)C(O)=C(C(=O)C=Cc2ccccc2)C1c1cccc(Br)c1. The second-order valence-corrected chi connectivity index (χ2v) is 7.24. The summed E-state index contributed by atoms with van der Waals surface area (Å²) in [6.45, 7) is 0.556. The Kier molecular flexibility index (Phi) is 6.44. The van der Waals surface area contributed by atoms with Crippen LogP contribution in [0.25, 0.3) is 6.08 Å². The molecule has 6 heteroatoms. The van der Waals surface area contributed by atoms with Crippen LogP contribution in [0.4, 0.5) is 0 Å². The molecular weight excluding hydrogens is 422 g/mol. The third-order valence-electron chi connectivity index (χ3n) is 4.50. The number of methoxy groups -OCH3 is 1. The second kappa shape index (κ2) is 8.99. The molecule has 1 amide bonds. The molecule has 2 aromatic carbocycles. The minimum Gasteiger partial charge on any atom is -0.503 e. The van der Waals surface area contributed by atoms with Gasteiger partial charge in [-0.25, -0.2) is 0 Å². The molecule has 1 unspecified atom stereocenters. The summed E-state index contributed by atoms with van der Waals surface area (Å²) in [5, 5.41) is 10.5. The van der Waals surface area contributed by atoms with Crippen molar-refractivity contribution in [2.45, 2.75) is 6.04 Å². The highest BCUT2D eigenvalue weighted by atomic mass is 79.9. The number of hydrogen-bond acceptors (Lipinski definition) is 4. The Labute approximate surface area is 172 Å². The molecule has 1 heterocycles. The normalized spacial score (nSPS) is 17.0. The van der Waals surface area contributed by atoms with Crippen molar-refractivity contribution in [1.29, 1.82) is 0 Å². The smallest absolute Gasteiger partial charge is 0.290 e. The molecule has 0 saturated heterocycles. The zero-order valence-corrected chi connectivity index (χ0v) is 16.9. The van der Waals surface area contributed by atoms with Gasteiger partial charge >= 0.3 is 0 Å². The van der Waals surface area contributed by atoms with E-state index in [1.165, 1.54) is 18.1 Å². The Bertz CT molecular complexity index is 937. The lowest BCUT2D eigenvalue weighted by atomic mass is 9.95.